The van der Waals surface area contributed by atoms with E-state index in [1.165, 1.54) is 12.1 Å². The molecule has 0 heterocycles. The molecule has 1 rings (SSSR count). The third-order valence-electron chi connectivity index (χ3n) is 1.51. The van der Waals surface area contributed by atoms with Crippen molar-refractivity contribution in [3.05, 3.63) is 35.6 Å². The van der Waals surface area contributed by atoms with Crippen LogP contribution in [0.2, 0.25) is 0 Å². The molecule has 0 aliphatic rings. The molecule has 0 saturated carbocycles. The van der Waals surface area contributed by atoms with Crippen molar-refractivity contribution in [2.75, 3.05) is 0 Å². The zero-order valence-electron chi connectivity index (χ0n) is 7.48. The number of benzene rings is 1. The summed E-state index contributed by atoms with van der Waals surface area (Å²) < 4.78 is 12.7. The number of aliphatic carboxylic acids is 1. The highest BCUT2D eigenvalue weighted by Crippen LogP contribution is 2.04. The van der Waals surface area contributed by atoms with E-state index in [2.05, 4.69) is 4.99 Å². The number of hydrogen-bond donors (Lipinski definition) is 2. The maximum Gasteiger partial charge on any atom is 0.371 e. The Kier molecular flexibility index (Phi) is 3.12. The Morgan fingerprint density at radius 2 is 2.07 bits per heavy atom. The fourth-order valence-electron chi connectivity index (χ4n) is 0.843. The molecule has 0 aromatic heterocycles. The van der Waals surface area contributed by atoms with Gasteiger partial charge in [0, 0.05) is 5.56 Å². The number of nitrogens with two attached hydrogens (primary N) is 1. The monoisotopic (exact) mass is 210 g/mol. The molecule has 0 aliphatic heterocycles. The Balaban J connectivity index is 2.96. The van der Waals surface area contributed by atoms with Crippen molar-refractivity contribution >= 4 is 17.7 Å². The highest BCUT2D eigenvalue weighted by atomic mass is 19.1. The fraction of sp³-hybridized carbons (Fsp3) is 0. The van der Waals surface area contributed by atoms with Crippen LogP contribution in [0.1, 0.15) is 10.4 Å². The second-order valence-corrected chi connectivity index (χ2v) is 2.62. The number of carboxylic acids is 1. The molecule has 0 aliphatic carbocycles. The van der Waals surface area contributed by atoms with Crippen LogP contribution >= 0.6 is 0 Å². The van der Waals surface area contributed by atoms with Crippen LogP contribution in [0, 0.1) is 5.82 Å². The lowest BCUT2D eigenvalue weighted by molar-refractivity contribution is -0.129. The van der Waals surface area contributed by atoms with Gasteiger partial charge in [-0.2, -0.15) is 4.99 Å². The summed E-state index contributed by atoms with van der Waals surface area (Å²) in [6.45, 7) is 0. The number of halogens is 1. The first-order valence-corrected chi connectivity index (χ1v) is 3.88. The van der Waals surface area contributed by atoms with E-state index in [-0.39, 0.29) is 5.56 Å². The zero-order valence-corrected chi connectivity index (χ0v) is 7.48. The van der Waals surface area contributed by atoms with E-state index in [0.29, 0.717) is 0 Å². The van der Waals surface area contributed by atoms with Gasteiger partial charge in [-0.3, -0.25) is 4.79 Å². The maximum atomic E-state index is 12.7. The minimum atomic E-state index is -1.50. The van der Waals surface area contributed by atoms with Gasteiger partial charge in [0.25, 0.3) is 5.91 Å². The minimum absolute atomic E-state index is 0.0563. The van der Waals surface area contributed by atoms with Gasteiger partial charge in [-0.25, -0.2) is 9.18 Å². The van der Waals surface area contributed by atoms with Gasteiger partial charge in [-0.1, -0.05) is 6.07 Å². The van der Waals surface area contributed by atoms with E-state index in [9.17, 15) is 14.0 Å². The molecular formula is C9H7FN2O3. The normalized spacial score (nSPS) is 11.1. The van der Waals surface area contributed by atoms with Gasteiger partial charge >= 0.3 is 5.97 Å². The van der Waals surface area contributed by atoms with Crippen molar-refractivity contribution < 1.29 is 19.1 Å². The van der Waals surface area contributed by atoms with Gasteiger partial charge in [-0.15, -0.1) is 0 Å². The molecule has 0 unspecified atom stereocenters. The first-order valence-electron chi connectivity index (χ1n) is 3.88. The van der Waals surface area contributed by atoms with Gasteiger partial charge in [0.1, 0.15) is 5.82 Å². The summed E-state index contributed by atoms with van der Waals surface area (Å²) in [5.74, 6) is -3.83. The Bertz CT molecular complexity index is 443. The van der Waals surface area contributed by atoms with E-state index in [1.807, 2.05) is 0 Å². The molecule has 0 fully saturated rings. The number of amidine groups is 1. The number of nitrogens with zero attached hydrogens (tertiary/aromatic N) is 1. The molecule has 0 radical (unpaired) electrons. The highest BCUT2D eigenvalue weighted by Gasteiger charge is 2.09. The predicted molar refractivity (Wildman–Crippen MR) is 50.0 cm³/mol. The summed E-state index contributed by atoms with van der Waals surface area (Å²) in [5.41, 5.74) is 4.87. The number of carboxylic acid groups (broad SMARTS) is 1. The van der Waals surface area contributed by atoms with E-state index in [4.69, 9.17) is 10.8 Å². The molecule has 78 valence electrons. The zero-order chi connectivity index (χ0) is 11.4. The second kappa shape index (κ2) is 4.32. The van der Waals surface area contributed by atoms with Crippen molar-refractivity contribution in [2.45, 2.75) is 0 Å². The predicted octanol–water partition coefficient (Wildman–Crippen LogP) is 0.408. The van der Waals surface area contributed by atoms with Crippen LogP contribution in [-0.2, 0) is 4.79 Å². The fourth-order valence-corrected chi connectivity index (χ4v) is 0.843. The second-order valence-electron chi connectivity index (χ2n) is 2.62. The van der Waals surface area contributed by atoms with Crippen LogP contribution in [-0.4, -0.2) is 22.8 Å². The Labute approximate surface area is 84.0 Å². The number of carbonyl (C=O) groups excluding carboxylic acids is 1. The number of aliphatic imine (C=N–C) groups is 1. The maximum absolute atomic E-state index is 12.7. The van der Waals surface area contributed by atoms with Crippen molar-refractivity contribution in [3.63, 3.8) is 0 Å². The van der Waals surface area contributed by atoms with Gasteiger partial charge in [0.15, 0.2) is 0 Å². The van der Waals surface area contributed by atoms with Crippen molar-refractivity contribution in [1.82, 2.24) is 0 Å². The largest absolute Gasteiger partial charge is 0.475 e. The van der Waals surface area contributed by atoms with Gasteiger partial charge in [-0.05, 0) is 18.2 Å². The van der Waals surface area contributed by atoms with E-state index in [1.54, 1.807) is 0 Å². The average molecular weight is 210 g/mol. The number of carbonyl (C=O) groups is 2. The molecular weight excluding hydrogens is 203 g/mol. The average Bonchev–Trinajstić information content (AvgIpc) is 2.17. The van der Waals surface area contributed by atoms with Gasteiger partial charge in [0.05, 0.1) is 0 Å². The van der Waals surface area contributed by atoms with Crippen molar-refractivity contribution in [3.8, 4) is 0 Å². The van der Waals surface area contributed by atoms with Crippen LogP contribution in [0.25, 0.3) is 0 Å². The first-order chi connectivity index (χ1) is 7.00. The third-order valence-corrected chi connectivity index (χ3v) is 1.51. The van der Waals surface area contributed by atoms with Crippen LogP contribution in [0.15, 0.2) is 29.3 Å². The molecule has 1 amide bonds. The summed E-state index contributed by atoms with van der Waals surface area (Å²) >= 11 is 0. The Hall–Kier alpha value is -2.24. The third kappa shape index (κ3) is 2.87. The number of amides is 1. The molecule has 15 heavy (non-hydrogen) atoms. The van der Waals surface area contributed by atoms with E-state index < -0.39 is 23.5 Å². The Morgan fingerprint density at radius 1 is 1.40 bits per heavy atom. The molecule has 1 aromatic carbocycles. The van der Waals surface area contributed by atoms with Gasteiger partial charge < -0.3 is 10.8 Å². The highest BCUT2D eigenvalue weighted by molar-refractivity contribution is 6.36. The van der Waals surface area contributed by atoms with Crippen LogP contribution in [0.4, 0.5) is 4.39 Å². The first kappa shape index (κ1) is 10.8. The minimum Gasteiger partial charge on any atom is -0.475 e. The summed E-state index contributed by atoms with van der Waals surface area (Å²) in [6.07, 6.45) is 0. The van der Waals surface area contributed by atoms with Crippen LogP contribution < -0.4 is 5.73 Å². The van der Waals surface area contributed by atoms with Crippen molar-refractivity contribution in [1.29, 1.82) is 0 Å². The standard InChI is InChI=1S/C9H7FN2O3/c10-6-3-1-2-5(4-6)8(13)12-7(11)9(14)15/h1-4H,(H,14,15)(H2,11,12,13). The smallest absolute Gasteiger partial charge is 0.371 e. The summed E-state index contributed by atoms with van der Waals surface area (Å²) in [5, 5.41) is 8.35. The Morgan fingerprint density at radius 3 is 2.60 bits per heavy atom. The number of rotatable bonds is 1. The summed E-state index contributed by atoms with van der Waals surface area (Å²) in [7, 11) is 0. The molecule has 0 spiro atoms. The molecule has 0 bridgehead atoms. The van der Waals surface area contributed by atoms with Crippen LogP contribution in [0.5, 0.6) is 0 Å². The number of hydrogen-bond acceptors (Lipinski definition) is 2. The summed E-state index contributed by atoms with van der Waals surface area (Å²) in [6, 6.07) is 4.72. The molecule has 6 heteroatoms. The summed E-state index contributed by atoms with van der Waals surface area (Å²) in [4.78, 5) is 24.5. The molecule has 3 N–H and O–H groups in total. The van der Waals surface area contributed by atoms with Gasteiger partial charge in [0.2, 0.25) is 5.84 Å². The lowest BCUT2D eigenvalue weighted by atomic mass is 10.2. The SMILES string of the molecule is NC(=NC(=O)c1cccc(F)c1)C(=O)O. The lowest BCUT2D eigenvalue weighted by Gasteiger charge is -1.96. The van der Waals surface area contributed by atoms with Crippen LogP contribution in [0.3, 0.4) is 0 Å². The molecule has 5 nitrogen and oxygen atoms in total. The van der Waals surface area contributed by atoms with E-state index in [0.717, 1.165) is 12.1 Å². The molecule has 0 atom stereocenters. The van der Waals surface area contributed by atoms with E-state index >= 15 is 0 Å². The molecule has 0 saturated heterocycles. The topological polar surface area (TPSA) is 92.8 Å². The lowest BCUT2D eigenvalue weighted by Crippen LogP contribution is -2.24. The quantitative estimate of drug-likeness (QED) is 0.518. The van der Waals surface area contributed by atoms with Crippen molar-refractivity contribution in [2.24, 2.45) is 10.7 Å². The molecule has 1 aromatic rings.